The Balaban J connectivity index is 2.24. The van der Waals surface area contributed by atoms with Crippen LogP contribution in [0.5, 0.6) is 0 Å². The third-order valence-corrected chi connectivity index (χ3v) is 2.54. The second kappa shape index (κ2) is 6.85. The van der Waals surface area contributed by atoms with Gasteiger partial charge in [0.2, 0.25) is 0 Å². The SMILES string of the molecule is CC(C)(C)OC(=O)NCC(=O)NNC(=O)c1cncs1. The lowest BCUT2D eigenvalue weighted by molar-refractivity contribution is -0.121. The van der Waals surface area contributed by atoms with Crippen LogP contribution in [-0.4, -0.2) is 35.0 Å². The Hall–Kier alpha value is -2.16. The number of hydrazine groups is 1. The first-order chi connectivity index (χ1) is 9.28. The molecule has 8 nitrogen and oxygen atoms in total. The molecule has 1 aromatic rings. The number of amides is 3. The van der Waals surface area contributed by atoms with Crippen molar-refractivity contribution in [3.05, 3.63) is 16.6 Å². The maximum atomic E-state index is 11.5. The van der Waals surface area contributed by atoms with Crippen LogP contribution in [0.4, 0.5) is 4.79 Å². The number of hydrogen-bond donors (Lipinski definition) is 3. The van der Waals surface area contributed by atoms with Crippen molar-refractivity contribution in [2.45, 2.75) is 26.4 Å². The van der Waals surface area contributed by atoms with Crippen molar-refractivity contribution in [2.24, 2.45) is 0 Å². The molecule has 0 atom stereocenters. The van der Waals surface area contributed by atoms with Crippen LogP contribution < -0.4 is 16.2 Å². The van der Waals surface area contributed by atoms with Gasteiger partial charge in [0, 0.05) is 0 Å². The Morgan fingerprint density at radius 1 is 1.30 bits per heavy atom. The fraction of sp³-hybridized carbons (Fsp3) is 0.455. The third-order valence-electron chi connectivity index (χ3n) is 1.76. The van der Waals surface area contributed by atoms with Gasteiger partial charge in [-0.05, 0) is 20.8 Å². The molecule has 9 heteroatoms. The van der Waals surface area contributed by atoms with Crippen molar-refractivity contribution in [3.8, 4) is 0 Å². The smallest absolute Gasteiger partial charge is 0.408 e. The molecule has 0 radical (unpaired) electrons. The van der Waals surface area contributed by atoms with Crippen LogP contribution in [0.1, 0.15) is 30.4 Å². The molecule has 0 spiro atoms. The molecule has 0 saturated heterocycles. The van der Waals surface area contributed by atoms with Gasteiger partial charge in [0.15, 0.2) is 0 Å². The summed E-state index contributed by atoms with van der Waals surface area (Å²) in [6, 6.07) is 0. The molecule has 3 amide bonds. The second-order valence-electron chi connectivity index (χ2n) is 4.72. The Kier molecular flexibility index (Phi) is 5.44. The van der Waals surface area contributed by atoms with Gasteiger partial charge in [-0.1, -0.05) is 0 Å². The molecule has 0 bridgehead atoms. The molecule has 0 aromatic carbocycles. The van der Waals surface area contributed by atoms with Crippen LogP contribution in [0.15, 0.2) is 11.7 Å². The predicted octanol–water partition coefficient (Wildman–Crippen LogP) is 0.429. The van der Waals surface area contributed by atoms with E-state index in [1.54, 1.807) is 20.8 Å². The Labute approximate surface area is 119 Å². The number of hydrogen-bond acceptors (Lipinski definition) is 6. The highest BCUT2D eigenvalue weighted by Gasteiger charge is 2.16. The molecule has 110 valence electrons. The minimum Gasteiger partial charge on any atom is -0.444 e. The Bertz CT molecular complexity index is 481. The molecule has 0 fully saturated rings. The molecule has 0 saturated carbocycles. The van der Waals surface area contributed by atoms with Gasteiger partial charge in [0.05, 0.1) is 11.7 Å². The molecule has 1 aromatic heterocycles. The topological polar surface area (TPSA) is 109 Å². The standard InChI is InChI=1S/C11H16N4O4S/c1-11(2,3)19-10(18)13-5-8(16)14-15-9(17)7-4-12-6-20-7/h4,6H,5H2,1-3H3,(H,13,18)(H,14,16)(H,15,17). The van der Waals surface area contributed by atoms with E-state index in [4.69, 9.17) is 4.74 Å². The first kappa shape index (κ1) is 15.9. The zero-order valence-electron chi connectivity index (χ0n) is 11.4. The van der Waals surface area contributed by atoms with E-state index in [1.165, 1.54) is 11.7 Å². The van der Waals surface area contributed by atoms with Gasteiger partial charge in [0.1, 0.15) is 17.0 Å². The first-order valence-corrected chi connectivity index (χ1v) is 6.60. The van der Waals surface area contributed by atoms with Crippen LogP contribution >= 0.6 is 11.3 Å². The molecule has 1 rings (SSSR count). The summed E-state index contributed by atoms with van der Waals surface area (Å²) in [5.41, 5.74) is 5.22. The molecule has 1 heterocycles. The van der Waals surface area contributed by atoms with Crippen LogP contribution in [0.2, 0.25) is 0 Å². The zero-order valence-corrected chi connectivity index (χ0v) is 12.2. The number of carbonyl (C=O) groups is 3. The van der Waals surface area contributed by atoms with Gasteiger partial charge in [0.25, 0.3) is 11.8 Å². The minimum atomic E-state index is -0.707. The van der Waals surface area contributed by atoms with Crippen LogP contribution in [-0.2, 0) is 9.53 Å². The lowest BCUT2D eigenvalue weighted by Gasteiger charge is -2.19. The monoisotopic (exact) mass is 300 g/mol. The molecule has 3 N–H and O–H groups in total. The van der Waals surface area contributed by atoms with Gasteiger partial charge in [-0.3, -0.25) is 25.4 Å². The molecular formula is C11H16N4O4S. The summed E-state index contributed by atoms with van der Waals surface area (Å²) in [4.78, 5) is 38.2. The van der Waals surface area contributed by atoms with E-state index in [9.17, 15) is 14.4 Å². The number of aromatic nitrogens is 1. The predicted molar refractivity (Wildman–Crippen MR) is 72.0 cm³/mol. The highest BCUT2D eigenvalue weighted by atomic mass is 32.1. The Morgan fingerprint density at radius 2 is 2.00 bits per heavy atom. The van der Waals surface area contributed by atoms with Gasteiger partial charge in [-0.15, -0.1) is 11.3 Å². The van der Waals surface area contributed by atoms with Crippen molar-refractivity contribution in [3.63, 3.8) is 0 Å². The van der Waals surface area contributed by atoms with E-state index in [-0.39, 0.29) is 6.54 Å². The molecule has 0 aliphatic rings. The normalized spacial score (nSPS) is 10.6. The lowest BCUT2D eigenvalue weighted by atomic mass is 10.2. The van der Waals surface area contributed by atoms with Crippen molar-refractivity contribution in [1.82, 2.24) is 21.2 Å². The number of carbonyl (C=O) groups excluding carboxylic acids is 3. The summed E-state index contributed by atoms with van der Waals surface area (Å²) < 4.78 is 4.95. The molecule has 20 heavy (non-hydrogen) atoms. The number of nitrogens with one attached hydrogen (secondary N) is 3. The molecular weight excluding hydrogens is 284 g/mol. The fourth-order valence-corrected chi connectivity index (χ4v) is 1.54. The maximum Gasteiger partial charge on any atom is 0.408 e. The largest absolute Gasteiger partial charge is 0.444 e. The first-order valence-electron chi connectivity index (χ1n) is 5.72. The second-order valence-corrected chi connectivity index (χ2v) is 5.61. The fourth-order valence-electron chi connectivity index (χ4n) is 1.03. The van der Waals surface area contributed by atoms with E-state index in [2.05, 4.69) is 21.2 Å². The summed E-state index contributed by atoms with van der Waals surface area (Å²) in [6.07, 6.45) is 0.673. The lowest BCUT2D eigenvalue weighted by Crippen LogP contribution is -2.46. The summed E-state index contributed by atoms with van der Waals surface area (Å²) in [6.45, 7) is 4.82. The average molecular weight is 300 g/mol. The molecule has 0 unspecified atom stereocenters. The number of ether oxygens (including phenoxy) is 1. The number of alkyl carbamates (subject to hydrolysis) is 1. The van der Waals surface area contributed by atoms with Gasteiger partial charge < -0.3 is 10.1 Å². The zero-order chi connectivity index (χ0) is 15.2. The number of thiazole rings is 1. The van der Waals surface area contributed by atoms with Crippen LogP contribution in [0.3, 0.4) is 0 Å². The maximum absolute atomic E-state index is 11.5. The summed E-state index contributed by atoms with van der Waals surface area (Å²) in [5, 5.41) is 2.26. The summed E-state index contributed by atoms with van der Waals surface area (Å²) in [5.74, 6) is -1.05. The Morgan fingerprint density at radius 3 is 2.55 bits per heavy atom. The summed E-state index contributed by atoms with van der Waals surface area (Å²) in [7, 11) is 0. The van der Waals surface area contributed by atoms with Crippen molar-refractivity contribution in [2.75, 3.05) is 6.54 Å². The highest BCUT2D eigenvalue weighted by molar-refractivity contribution is 7.11. The van der Waals surface area contributed by atoms with E-state index in [0.717, 1.165) is 11.3 Å². The van der Waals surface area contributed by atoms with Gasteiger partial charge >= 0.3 is 6.09 Å². The van der Waals surface area contributed by atoms with Crippen molar-refractivity contribution in [1.29, 1.82) is 0 Å². The quantitative estimate of drug-likeness (QED) is 0.701. The van der Waals surface area contributed by atoms with Crippen LogP contribution in [0.25, 0.3) is 0 Å². The van der Waals surface area contributed by atoms with E-state index in [1.807, 2.05) is 0 Å². The number of rotatable bonds is 3. The van der Waals surface area contributed by atoms with Crippen molar-refractivity contribution >= 4 is 29.2 Å². The minimum absolute atomic E-state index is 0.308. The molecule has 0 aliphatic carbocycles. The van der Waals surface area contributed by atoms with E-state index < -0.39 is 23.5 Å². The van der Waals surface area contributed by atoms with E-state index >= 15 is 0 Å². The van der Waals surface area contributed by atoms with Crippen LogP contribution in [0, 0.1) is 0 Å². The van der Waals surface area contributed by atoms with Gasteiger partial charge in [-0.25, -0.2) is 4.79 Å². The van der Waals surface area contributed by atoms with Gasteiger partial charge in [-0.2, -0.15) is 0 Å². The summed E-state index contributed by atoms with van der Waals surface area (Å²) >= 11 is 1.14. The molecule has 0 aliphatic heterocycles. The number of nitrogens with zero attached hydrogens (tertiary/aromatic N) is 1. The highest BCUT2D eigenvalue weighted by Crippen LogP contribution is 2.06. The van der Waals surface area contributed by atoms with Crippen molar-refractivity contribution < 1.29 is 19.1 Å². The average Bonchev–Trinajstić information content (AvgIpc) is 2.85. The van der Waals surface area contributed by atoms with E-state index in [0.29, 0.717) is 4.88 Å². The third kappa shape index (κ3) is 6.14.